The van der Waals surface area contributed by atoms with Gasteiger partial charge in [-0.2, -0.15) is 0 Å². The van der Waals surface area contributed by atoms with E-state index in [2.05, 4.69) is 0 Å². The lowest BCUT2D eigenvalue weighted by molar-refractivity contribution is 0.0767. The Balaban J connectivity index is 2.85. The van der Waals surface area contributed by atoms with Crippen molar-refractivity contribution in [3.63, 3.8) is 0 Å². The average Bonchev–Trinajstić information content (AvgIpc) is 2.31. The zero-order valence-electron chi connectivity index (χ0n) is 10.1. The maximum Gasteiger partial charge on any atom is 0.253 e. The van der Waals surface area contributed by atoms with Gasteiger partial charge in [-0.15, -0.1) is 0 Å². The highest BCUT2D eigenvalue weighted by atomic mass is 16.5. The Hall–Kier alpha value is -1.75. The van der Waals surface area contributed by atoms with Crippen molar-refractivity contribution in [2.45, 2.75) is 6.92 Å². The molecule has 1 rings (SSSR count). The van der Waals surface area contributed by atoms with Crippen molar-refractivity contribution < 1.29 is 14.6 Å². The summed E-state index contributed by atoms with van der Waals surface area (Å²) in [5.41, 5.74) is 6.70. The first kappa shape index (κ1) is 13.3. The van der Waals surface area contributed by atoms with Gasteiger partial charge in [-0.3, -0.25) is 4.79 Å². The van der Waals surface area contributed by atoms with Crippen molar-refractivity contribution in [2.24, 2.45) is 0 Å². The van der Waals surface area contributed by atoms with Gasteiger partial charge in [0.2, 0.25) is 0 Å². The number of nitrogens with two attached hydrogens (primary N) is 1. The maximum absolute atomic E-state index is 11.9. The second kappa shape index (κ2) is 6.10. The van der Waals surface area contributed by atoms with E-state index >= 15 is 0 Å². The number of carbonyl (C=O) groups excluding carboxylic acids is 1. The number of nitrogens with zero attached hydrogens (tertiary/aromatic N) is 1. The molecule has 0 bridgehead atoms. The summed E-state index contributed by atoms with van der Waals surface area (Å²) in [6.07, 6.45) is 0. The number of hydrogen-bond acceptors (Lipinski definition) is 4. The lowest BCUT2D eigenvalue weighted by Gasteiger charge is -2.16. The Labute approximate surface area is 101 Å². The summed E-state index contributed by atoms with van der Waals surface area (Å²) in [7, 11) is 1.63. The van der Waals surface area contributed by atoms with Crippen molar-refractivity contribution in [1.29, 1.82) is 0 Å². The summed E-state index contributed by atoms with van der Waals surface area (Å²) in [4.78, 5) is 13.3. The number of ether oxygens (including phenoxy) is 1. The van der Waals surface area contributed by atoms with Gasteiger partial charge >= 0.3 is 0 Å². The molecule has 0 fully saturated rings. The van der Waals surface area contributed by atoms with Gasteiger partial charge in [0, 0.05) is 19.2 Å². The molecule has 5 nitrogen and oxygen atoms in total. The van der Waals surface area contributed by atoms with Gasteiger partial charge in [0.25, 0.3) is 5.91 Å². The van der Waals surface area contributed by atoms with E-state index in [-0.39, 0.29) is 12.5 Å². The molecule has 0 aromatic heterocycles. The Morgan fingerprint density at radius 2 is 2.24 bits per heavy atom. The normalized spacial score (nSPS) is 10.1. The maximum atomic E-state index is 11.9. The molecule has 0 saturated heterocycles. The van der Waals surface area contributed by atoms with Gasteiger partial charge < -0.3 is 20.5 Å². The molecule has 0 saturated carbocycles. The standard InChI is InChI=1S/C12H18N2O3/c1-3-17-11-5-4-9(8-10(11)13)12(16)14(2)6-7-15/h4-5,8,15H,3,6-7,13H2,1-2H3. The third kappa shape index (κ3) is 3.35. The smallest absolute Gasteiger partial charge is 0.253 e. The quantitative estimate of drug-likeness (QED) is 0.741. The number of amides is 1. The Kier molecular flexibility index (Phi) is 4.78. The molecule has 1 amide bonds. The van der Waals surface area contributed by atoms with E-state index in [4.69, 9.17) is 15.6 Å². The molecule has 0 spiro atoms. The van der Waals surface area contributed by atoms with E-state index < -0.39 is 0 Å². The van der Waals surface area contributed by atoms with Crippen molar-refractivity contribution >= 4 is 11.6 Å². The average molecular weight is 238 g/mol. The summed E-state index contributed by atoms with van der Waals surface area (Å²) in [6, 6.07) is 4.93. The number of aliphatic hydroxyl groups excluding tert-OH is 1. The van der Waals surface area contributed by atoms with Crippen LogP contribution in [0.1, 0.15) is 17.3 Å². The molecule has 3 N–H and O–H groups in total. The fourth-order valence-corrected chi connectivity index (χ4v) is 1.44. The third-order valence-corrected chi connectivity index (χ3v) is 2.34. The number of likely N-dealkylation sites (N-methyl/N-ethyl adjacent to an activating group) is 1. The van der Waals surface area contributed by atoms with Crippen molar-refractivity contribution in [1.82, 2.24) is 4.90 Å². The van der Waals surface area contributed by atoms with Crippen LogP contribution in [0.4, 0.5) is 5.69 Å². The number of aliphatic hydroxyl groups is 1. The summed E-state index contributed by atoms with van der Waals surface area (Å²) in [6.45, 7) is 2.64. The number of rotatable bonds is 5. The zero-order chi connectivity index (χ0) is 12.8. The van der Waals surface area contributed by atoms with E-state index in [0.717, 1.165) is 0 Å². The minimum atomic E-state index is -0.172. The number of anilines is 1. The fraction of sp³-hybridized carbons (Fsp3) is 0.417. The van der Waals surface area contributed by atoms with Gasteiger partial charge in [-0.25, -0.2) is 0 Å². The van der Waals surface area contributed by atoms with Crippen LogP contribution >= 0.6 is 0 Å². The van der Waals surface area contributed by atoms with Gasteiger partial charge in [0.1, 0.15) is 5.75 Å². The molecule has 0 aliphatic carbocycles. The minimum absolute atomic E-state index is 0.0608. The van der Waals surface area contributed by atoms with Crippen LogP contribution in [0.3, 0.4) is 0 Å². The second-order valence-electron chi connectivity index (χ2n) is 3.64. The first-order chi connectivity index (χ1) is 8.10. The van der Waals surface area contributed by atoms with E-state index in [0.29, 0.717) is 30.2 Å². The van der Waals surface area contributed by atoms with Gasteiger partial charge in [-0.05, 0) is 25.1 Å². The van der Waals surface area contributed by atoms with Gasteiger partial charge in [0.05, 0.1) is 18.9 Å². The SMILES string of the molecule is CCOc1ccc(C(=O)N(C)CCO)cc1N. The molecule has 17 heavy (non-hydrogen) atoms. The second-order valence-corrected chi connectivity index (χ2v) is 3.64. The largest absolute Gasteiger partial charge is 0.492 e. The highest BCUT2D eigenvalue weighted by Crippen LogP contribution is 2.22. The summed E-state index contributed by atoms with van der Waals surface area (Å²) in [5.74, 6) is 0.405. The summed E-state index contributed by atoms with van der Waals surface area (Å²) >= 11 is 0. The molecule has 1 aromatic rings. The lowest BCUT2D eigenvalue weighted by atomic mass is 10.1. The lowest BCUT2D eigenvalue weighted by Crippen LogP contribution is -2.29. The fourth-order valence-electron chi connectivity index (χ4n) is 1.44. The Bertz CT molecular complexity index is 393. The minimum Gasteiger partial charge on any atom is -0.492 e. The van der Waals surface area contributed by atoms with E-state index in [1.807, 2.05) is 6.92 Å². The number of benzene rings is 1. The molecule has 0 aliphatic rings. The number of nitrogen functional groups attached to an aromatic ring is 1. The molecule has 0 unspecified atom stereocenters. The van der Waals surface area contributed by atoms with Crippen molar-refractivity contribution in [3.8, 4) is 5.75 Å². The molecular weight excluding hydrogens is 220 g/mol. The molecule has 0 heterocycles. The van der Waals surface area contributed by atoms with Gasteiger partial charge in [-0.1, -0.05) is 0 Å². The van der Waals surface area contributed by atoms with Gasteiger partial charge in [0.15, 0.2) is 0 Å². The van der Waals surface area contributed by atoms with E-state index in [1.165, 1.54) is 4.90 Å². The van der Waals surface area contributed by atoms with Crippen LogP contribution in [0.2, 0.25) is 0 Å². The first-order valence-electron chi connectivity index (χ1n) is 5.48. The topological polar surface area (TPSA) is 75.8 Å². The number of hydrogen-bond donors (Lipinski definition) is 2. The monoisotopic (exact) mass is 238 g/mol. The highest BCUT2D eigenvalue weighted by Gasteiger charge is 2.12. The van der Waals surface area contributed by atoms with E-state index in [9.17, 15) is 4.79 Å². The molecule has 0 aliphatic heterocycles. The van der Waals surface area contributed by atoms with Crippen molar-refractivity contribution in [3.05, 3.63) is 23.8 Å². The molecule has 94 valence electrons. The summed E-state index contributed by atoms with van der Waals surface area (Å²) < 4.78 is 5.29. The van der Waals surface area contributed by atoms with Crippen LogP contribution in [0.5, 0.6) is 5.75 Å². The molecule has 0 atom stereocenters. The molecule has 0 radical (unpaired) electrons. The van der Waals surface area contributed by atoms with Crippen LogP contribution in [-0.4, -0.2) is 42.7 Å². The highest BCUT2D eigenvalue weighted by molar-refractivity contribution is 5.95. The molecule has 5 heteroatoms. The van der Waals surface area contributed by atoms with Crippen LogP contribution in [-0.2, 0) is 0 Å². The Morgan fingerprint density at radius 3 is 2.76 bits per heavy atom. The third-order valence-electron chi connectivity index (χ3n) is 2.34. The van der Waals surface area contributed by atoms with Crippen LogP contribution < -0.4 is 10.5 Å². The van der Waals surface area contributed by atoms with E-state index in [1.54, 1.807) is 25.2 Å². The predicted molar refractivity (Wildman–Crippen MR) is 66.1 cm³/mol. The van der Waals surface area contributed by atoms with Crippen LogP contribution in [0, 0.1) is 0 Å². The van der Waals surface area contributed by atoms with Crippen molar-refractivity contribution in [2.75, 3.05) is 32.5 Å². The predicted octanol–water partition coefficient (Wildman–Crippen LogP) is 0.732. The first-order valence-corrected chi connectivity index (χ1v) is 5.48. The molecular formula is C12H18N2O3. The van der Waals surface area contributed by atoms with Crippen LogP contribution in [0.15, 0.2) is 18.2 Å². The zero-order valence-corrected chi connectivity index (χ0v) is 10.1. The summed E-state index contributed by atoms with van der Waals surface area (Å²) in [5, 5.41) is 8.76. The van der Waals surface area contributed by atoms with Crippen LogP contribution in [0.25, 0.3) is 0 Å². The molecule has 1 aromatic carbocycles. The Morgan fingerprint density at radius 1 is 1.53 bits per heavy atom. The number of carbonyl (C=O) groups is 1.